The van der Waals surface area contributed by atoms with E-state index in [0.717, 1.165) is 21.4 Å². The molecular weight excluding hydrogens is 384 g/mol. The summed E-state index contributed by atoms with van der Waals surface area (Å²) >= 11 is 0. The van der Waals surface area contributed by atoms with Gasteiger partial charge in [-0.15, -0.1) is 0 Å². The number of hydrogen-bond acceptors (Lipinski definition) is 6. The van der Waals surface area contributed by atoms with Gasteiger partial charge in [0.25, 0.3) is 5.56 Å². The maximum absolute atomic E-state index is 12.5. The van der Waals surface area contributed by atoms with E-state index >= 15 is 0 Å². The highest BCUT2D eigenvalue weighted by molar-refractivity contribution is 6.03. The van der Waals surface area contributed by atoms with Gasteiger partial charge in [-0.1, -0.05) is 42.5 Å². The van der Waals surface area contributed by atoms with Crippen molar-refractivity contribution < 1.29 is 9.84 Å². The Morgan fingerprint density at radius 3 is 2.57 bits per heavy atom. The van der Waals surface area contributed by atoms with Crippen LogP contribution < -0.4 is 21.4 Å². The van der Waals surface area contributed by atoms with E-state index in [-0.39, 0.29) is 24.0 Å². The number of aromatic nitrogens is 2. The maximum atomic E-state index is 12.5. The molecule has 0 amide bonds. The van der Waals surface area contributed by atoms with Crippen molar-refractivity contribution in [2.45, 2.75) is 25.9 Å². The van der Waals surface area contributed by atoms with E-state index in [2.05, 4.69) is 15.5 Å². The van der Waals surface area contributed by atoms with Crippen LogP contribution in [0.1, 0.15) is 36.1 Å². The number of H-pyrrole nitrogens is 1. The Labute approximate surface area is 172 Å². The van der Waals surface area contributed by atoms with Gasteiger partial charge in [-0.05, 0) is 30.2 Å². The van der Waals surface area contributed by atoms with E-state index < -0.39 is 11.2 Å². The summed E-state index contributed by atoms with van der Waals surface area (Å²) in [5.74, 6) is 0.392. The third-order valence-corrected chi connectivity index (χ3v) is 4.99. The minimum atomic E-state index is -0.667. The Balaban J connectivity index is 1.60. The van der Waals surface area contributed by atoms with Crippen LogP contribution in [-0.2, 0) is 6.54 Å². The predicted octanol–water partition coefficient (Wildman–Crippen LogP) is 2.13. The molecule has 0 bridgehead atoms. The molecule has 0 saturated carbocycles. The normalized spacial score (nSPS) is 15.5. The number of hydrogen-bond donors (Lipinski definition) is 3. The first-order valence-corrected chi connectivity index (χ1v) is 9.72. The van der Waals surface area contributed by atoms with Crippen LogP contribution in [0.5, 0.6) is 11.6 Å². The molecule has 2 aromatic carbocycles. The number of aromatic amines is 1. The molecule has 0 spiro atoms. The molecule has 30 heavy (non-hydrogen) atoms. The zero-order valence-electron chi connectivity index (χ0n) is 16.5. The Hall–Kier alpha value is -3.81. The molecule has 0 saturated heterocycles. The van der Waals surface area contributed by atoms with Crippen molar-refractivity contribution in [3.8, 4) is 11.6 Å². The highest BCUT2D eigenvalue weighted by atomic mass is 16.5. The van der Waals surface area contributed by atoms with Gasteiger partial charge in [0.15, 0.2) is 0 Å². The number of aromatic hydroxyl groups is 1. The molecule has 1 aliphatic rings. The number of nitrogens with zero attached hydrogens (tertiary/aromatic N) is 2. The Kier molecular flexibility index (Phi) is 5.38. The second-order valence-electron chi connectivity index (χ2n) is 6.98. The fourth-order valence-corrected chi connectivity index (χ4v) is 3.49. The van der Waals surface area contributed by atoms with Gasteiger partial charge < -0.3 is 15.3 Å². The van der Waals surface area contributed by atoms with Crippen LogP contribution in [0.15, 0.2) is 69.3 Å². The fraction of sp³-hybridized carbons (Fsp3) is 0.227. The van der Waals surface area contributed by atoms with Crippen molar-refractivity contribution in [3.63, 3.8) is 0 Å². The highest BCUT2D eigenvalue weighted by Crippen LogP contribution is 2.27. The second kappa shape index (κ2) is 8.28. The smallest absolute Gasteiger partial charge is 0.331 e. The van der Waals surface area contributed by atoms with Crippen molar-refractivity contribution in [1.82, 2.24) is 15.0 Å². The molecular formula is C22H22N4O4. The number of benzene rings is 2. The first-order chi connectivity index (χ1) is 14.6. The van der Waals surface area contributed by atoms with Gasteiger partial charge in [-0.3, -0.25) is 14.3 Å². The zero-order chi connectivity index (χ0) is 21.1. The van der Waals surface area contributed by atoms with E-state index in [9.17, 15) is 14.7 Å². The number of ether oxygens (including phenoxy) is 1. The van der Waals surface area contributed by atoms with Gasteiger partial charge in [0, 0.05) is 6.42 Å². The minimum Gasteiger partial charge on any atom is -0.494 e. The fourth-order valence-electron chi connectivity index (χ4n) is 3.49. The molecule has 154 valence electrons. The van der Waals surface area contributed by atoms with Crippen molar-refractivity contribution >= 4 is 5.71 Å². The van der Waals surface area contributed by atoms with E-state index in [4.69, 9.17) is 4.74 Å². The number of rotatable bonds is 6. The zero-order valence-corrected chi connectivity index (χ0v) is 16.5. The van der Waals surface area contributed by atoms with E-state index in [1.807, 2.05) is 61.5 Å². The van der Waals surface area contributed by atoms with Gasteiger partial charge in [0.2, 0.25) is 5.88 Å². The summed E-state index contributed by atoms with van der Waals surface area (Å²) in [7, 11) is 0. The van der Waals surface area contributed by atoms with E-state index in [0.29, 0.717) is 18.7 Å². The average Bonchev–Trinajstić information content (AvgIpc) is 3.22. The van der Waals surface area contributed by atoms with Gasteiger partial charge in [-0.25, -0.2) is 4.79 Å². The van der Waals surface area contributed by atoms with E-state index in [1.54, 1.807) is 0 Å². The molecule has 0 radical (unpaired) electrons. The molecule has 1 aliphatic heterocycles. The molecule has 1 aromatic heterocycles. The lowest BCUT2D eigenvalue weighted by molar-refractivity contribution is 0.340. The molecule has 2 heterocycles. The molecule has 1 atom stereocenters. The molecule has 0 fully saturated rings. The summed E-state index contributed by atoms with van der Waals surface area (Å²) < 4.78 is 6.60. The highest BCUT2D eigenvalue weighted by Gasteiger charge is 2.27. The standard InChI is InChI=1S/C22H22N4O4/c1-2-30-16-10-8-15(9-11-16)17-12-18(25-24-17)19-20(27)23-22(29)26(21(19)28)13-14-6-4-3-5-7-14/h3-11,17,24,28H,2,12-13H2,1H3,(H,23,27,29)/t17-/m1/s1. The van der Waals surface area contributed by atoms with Crippen LogP contribution in [-0.4, -0.2) is 27.0 Å². The van der Waals surface area contributed by atoms with Crippen LogP contribution in [0.4, 0.5) is 0 Å². The molecule has 8 nitrogen and oxygen atoms in total. The lowest BCUT2D eigenvalue weighted by Crippen LogP contribution is -2.34. The first kappa shape index (κ1) is 19.5. The Morgan fingerprint density at radius 1 is 1.13 bits per heavy atom. The summed E-state index contributed by atoms with van der Waals surface area (Å²) in [5, 5.41) is 15.0. The predicted molar refractivity (Wildman–Crippen MR) is 113 cm³/mol. The average molecular weight is 406 g/mol. The monoisotopic (exact) mass is 406 g/mol. The topological polar surface area (TPSA) is 109 Å². The molecule has 0 aliphatic carbocycles. The van der Waals surface area contributed by atoms with Crippen LogP contribution in [0.3, 0.4) is 0 Å². The van der Waals surface area contributed by atoms with Crippen molar-refractivity contribution in [2.24, 2.45) is 5.10 Å². The maximum Gasteiger partial charge on any atom is 0.331 e. The van der Waals surface area contributed by atoms with Gasteiger partial charge in [-0.2, -0.15) is 5.10 Å². The summed E-state index contributed by atoms with van der Waals surface area (Å²) in [6.45, 7) is 2.65. The van der Waals surface area contributed by atoms with Crippen molar-refractivity contribution in [2.75, 3.05) is 6.61 Å². The van der Waals surface area contributed by atoms with Crippen LogP contribution >= 0.6 is 0 Å². The lowest BCUT2D eigenvalue weighted by atomic mass is 10.00. The van der Waals surface area contributed by atoms with E-state index in [1.165, 1.54) is 0 Å². The second-order valence-corrected chi connectivity index (χ2v) is 6.98. The van der Waals surface area contributed by atoms with Gasteiger partial charge in [0.05, 0.1) is 24.9 Å². The van der Waals surface area contributed by atoms with Crippen LogP contribution in [0.2, 0.25) is 0 Å². The van der Waals surface area contributed by atoms with Gasteiger partial charge >= 0.3 is 5.69 Å². The lowest BCUT2D eigenvalue weighted by Gasteiger charge is -2.12. The van der Waals surface area contributed by atoms with Gasteiger partial charge in [0.1, 0.15) is 11.3 Å². The third kappa shape index (κ3) is 3.84. The number of nitrogens with one attached hydrogen (secondary N) is 2. The molecule has 4 rings (SSSR count). The van der Waals surface area contributed by atoms with Crippen molar-refractivity contribution in [3.05, 3.63) is 92.1 Å². The molecule has 3 aromatic rings. The summed E-state index contributed by atoms with van der Waals surface area (Å²) in [5.41, 5.74) is 3.89. The SMILES string of the molecule is CCOc1ccc([C@H]2CC(c3c(O)n(Cc4ccccc4)c(=O)[nH]c3=O)=NN2)cc1. The quantitative estimate of drug-likeness (QED) is 0.581. The summed E-state index contributed by atoms with van der Waals surface area (Å²) in [6.07, 6.45) is 0.397. The molecule has 0 unspecified atom stereocenters. The van der Waals surface area contributed by atoms with Crippen molar-refractivity contribution in [1.29, 1.82) is 0 Å². The van der Waals surface area contributed by atoms with Crippen LogP contribution in [0.25, 0.3) is 0 Å². The summed E-state index contributed by atoms with van der Waals surface area (Å²) in [6, 6.07) is 16.7. The Bertz CT molecular complexity index is 1180. The summed E-state index contributed by atoms with van der Waals surface area (Å²) in [4.78, 5) is 27.0. The molecule has 8 heteroatoms. The largest absolute Gasteiger partial charge is 0.494 e. The first-order valence-electron chi connectivity index (χ1n) is 9.72. The minimum absolute atomic E-state index is 0.00599. The third-order valence-electron chi connectivity index (χ3n) is 4.99. The molecule has 3 N–H and O–H groups in total. The Morgan fingerprint density at radius 2 is 1.87 bits per heavy atom. The van der Waals surface area contributed by atoms with Crippen LogP contribution in [0, 0.1) is 0 Å². The number of hydrazone groups is 1.